The Labute approximate surface area is 145 Å². The number of rotatable bonds is 3. The summed E-state index contributed by atoms with van der Waals surface area (Å²) in [6.07, 6.45) is 0. The van der Waals surface area contributed by atoms with Gasteiger partial charge < -0.3 is 5.32 Å². The molecule has 0 spiro atoms. The van der Waals surface area contributed by atoms with E-state index in [1.807, 2.05) is 18.2 Å². The van der Waals surface area contributed by atoms with Gasteiger partial charge in [0, 0.05) is 19.1 Å². The fourth-order valence-corrected chi connectivity index (χ4v) is 2.64. The van der Waals surface area contributed by atoms with Gasteiger partial charge in [-0.1, -0.05) is 45.0 Å². The van der Waals surface area contributed by atoms with Crippen LogP contribution in [-0.4, -0.2) is 20.5 Å². The van der Waals surface area contributed by atoms with Crippen LogP contribution in [0, 0.1) is 0 Å². The van der Waals surface area contributed by atoms with Crippen molar-refractivity contribution in [3.8, 4) is 11.3 Å². The molecule has 0 unspecified atom stereocenters. The second-order valence-corrected chi connectivity index (χ2v) is 7.19. The van der Waals surface area contributed by atoms with E-state index in [9.17, 15) is 9.59 Å². The first-order valence-electron chi connectivity index (χ1n) is 8.21. The van der Waals surface area contributed by atoms with Crippen molar-refractivity contribution in [2.45, 2.75) is 39.7 Å². The maximum atomic E-state index is 12.3. The summed E-state index contributed by atoms with van der Waals surface area (Å²) in [6, 6.07) is 11.5. The van der Waals surface area contributed by atoms with E-state index in [0.29, 0.717) is 11.3 Å². The minimum absolute atomic E-state index is 0.0933. The lowest BCUT2D eigenvalue weighted by molar-refractivity contribution is -0.119. The normalized spacial score (nSPS) is 11.7. The summed E-state index contributed by atoms with van der Waals surface area (Å²) < 4.78 is 1.41. The predicted octanol–water partition coefficient (Wildman–Crippen LogP) is 2.62. The lowest BCUT2D eigenvalue weighted by Gasteiger charge is -2.18. The molecule has 1 aromatic carbocycles. The Morgan fingerprint density at radius 2 is 1.88 bits per heavy atom. The van der Waals surface area contributed by atoms with Crippen LogP contribution in [0.1, 0.15) is 39.0 Å². The summed E-state index contributed by atoms with van der Waals surface area (Å²) >= 11 is 0. The van der Waals surface area contributed by atoms with Crippen molar-refractivity contribution in [2.24, 2.45) is 0 Å². The third-order valence-electron chi connectivity index (χ3n) is 4.08. The van der Waals surface area contributed by atoms with E-state index in [2.05, 4.69) is 48.3 Å². The highest BCUT2D eigenvalue weighted by atomic mass is 16.1. The van der Waals surface area contributed by atoms with E-state index in [0.717, 1.165) is 11.3 Å². The van der Waals surface area contributed by atoms with Crippen molar-refractivity contribution in [1.82, 2.24) is 19.9 Å². The molecule has 2 heterocycles. The zero-order valence-electron chi connectivity index (χ0n) is 14.9. The molecule has 6 heteroatoms. The van der Waals surface area contributed by atoms with Crippen LogP contribution in [0.2, 0.25) is 0 Å². The standard InChI is InChI=1S/C19H22N4O2/c1-12(24)20-11-15-9-18(25)23-17(21-15)10-16(22-23)13-5-7-14(8-6-13)19(2,3)4/h5-10,22H,11H2,1-4H3,(H,20,24). The molecule has 0 bridgehead atoms. The van der Waals surface area contributed by atoms with E-state index < -0.39 is 0 Å². The van der Waals surface area contributed by atoms with E-state index in [1.54, 1.807) is 0 Å². The molecule has 0 saturated heterocycles. The number of fused-ring (bicyclic) bond motifs is 1. The van der Waals surface area contributed by atoms with Crippen LogP contribution < -0.4 is 10.9 Å². The molecule has 1 amide bonds. The summed E-state index contributed by atoms with van der Waals surface area (Å²) in [4.78, 5) is 27.7. The number of hydrogen-bond acceptors (Lipinski definition) is 3. The smallest absolute Gasteiger partial charge is 0.272 e. The molecule has 2 N–H and O–H groups in total. The number of hydrogen-bond donors (Lipinski definition) is 2. The van der Waals surface area contributed by atoms with Gasteiger partial charge in [0.15, 0.2) is 5.65 Å². The fourth-order valence-electron chi connectivity index (χ4n) is 2.64. The van der Waals surface area contributed by atoms with Crippen molar-refractivity contribution < 1.29 is 4.79 Å². The number of carbonyl (C=O) groups is 1. The first-order valence-corrected chi connectivity index (χ1v) is 8.21. The number of carbonyl (C=O) groups excluding carboxylic acids is 1. The zero-order valence-corrected chi connectivity index (χ0v) is 14.9. The number of benzene rings is 1. The highest BCUT2D eigenvalue weighted by Crippen LogP contribution is 2.25. The Hall–Kier alpha value is -2.89. The zero-order chi connectivity index (χ0) is 18.2. The highest BCUT2D eigenvalue weighted by Gasteiger charge is 2.14. The highest BCUT2D eigenvalue weighted by molar-refractivity contribution is 5.72. The Morgan fingerprint density at radius 1 is 1.20 bits per heavy atom. The maximum absolute atomic E-state index is 12.3. The van der Waals surface area contributed by atoms with Gasteiger partial charge in [-0.3, -0.25) is 14.7 Å². The van der Waals surface area contributed by atoms with Gasteiger partial charge in [-0.05, 0) is 16.5 Å². The number of H-pyrrole nitrogens is 1. The summed E-state index contributed by atoms with van der Waals surface area (Å²) in [5, 5.41) is 5.74. The minimum Gasteiger partial charge on any atom is -0.351 e. The van der Waals surface area contributed by atoms with Crippen LogP contribution in [-0.2, 0) is 16.8 Å². The van der Waals surface area contributed by atoms with E-state index in [1.165, 1.54) is 23.1 Å². The first-order chi connectivity index (χ1) is 11.7. The van der Waals surface area contributed by atoms with Gasteiger partial charge in [-0.15, -0.1) is 0 Å². The van der Waals surface area contributed by atoms with Gasteiger partial charge in [-0.2, -0.15) is 0 Å². The monoisotopic (exact) mass is 338 g/mol. The molecule has 3 aromatic rings. The number of nitrogens with one attached hydrogen (secondary N) is 2. The van der Waals surface area contributed by atoms with E-state index >= 15 is 0 Å². The molecule has 0 atom stereocenters. The fraction of sp³-hybridized carbons (Fsp3) is 0.316. The van der Waals surface area contributed by atoms with Crippen LogP contribution in [0.4, 0.5) is 0 Å². The maximum Gasteiger partial charge on any atom is 0.272 e. The summed E-state index contributed by atoms with van der Waals surface area (Å²) in [5.74, 6) is -0.157. The molecule has 0 radical (unpaired) electrons. The SMILES string of the molecule is CC(=O)NCc1cc(=O)n2[nH]c(-c3ccc(C(C)(C)C)cc3)cc2n1. The second-order valence-electron chi connectivity index (χ2n) is 7.19. The van der Waals surface area contributed by atoms with Crippen LogP contribution >= 0.6 is 0 Å². The molecule has 0 saturated carbocycles. The number of nitrogens with zero attached hydrogens (tertiary/aromatic N) is 2. The quantitative estimate of drug-likeness (QED) is 0.770. The van der Waals surface area contributed by atoms with Crippen molar-refractivity contribution in [3.63, 3.8) is 0 Å². The molecule has 25 heavy (non-hydrogen) atoms. The number of aromatic amines is 1. The Balaban J connectivity index is 1.97. The van der Waals surface area contributed by atoms with Crippen molar-refractivity contribution in [3.05, 3.63) is 58.0 Å². The van der Waals surface area contributed by atoms with Crippen LogP contribution in [0.5, 0.6) is 0 Å². The van der Waals surface area contributed by atoms with E-state index in [-0.39, 0.29) is 23.4 Å². The van der Waals surface area contributed by atoms with Crippen LogP contribution in [0.25, 0.3) is 16.9 Å². The van der Waals surface area contributed by atoms with Gasteiger partial charge in [-0.25, -0.2) is 9.50 Å². The van der Waals surface area contributed by atoms with Gasteiger partial charge in [0.1, 0.15) is 0 Å². The second kappa shape index (κ2) is 6.20. The molecular formula is C19H22N4O2. The number of aromatic nitrogens is 3. The first kappa shape index (κ1) is 17.0. The Bertz CT molecular complexity index is 975. The van der Waals surface area contributed by atoms with Gasteiger partial charge in [0.2, 0.25) is 5.91 Å². The molecular weight excluding hydrogens is 316 g/mol. The van der Waals surface area contributed by atoms with Crippen LogP contribution in [0.15, 0.2) is 41.2 Å². The van der Waals surface area contributed by atoms with Crippen molar-refractivity contribution in [1.29, 1.82) is 0 Å². The largest absolute Gasteiger partial charge is 0.351 e. The van der Waals surface area contributed by atoms with Gasteiger partial charge in [0.25, 0.3) is 5.56 Å². The molecule has 6 nitrogen and oxygen atoms in total. The van der Waals surface area contributed by atoms with Crippen molar-refractivity contribution >= 4 is 11.6 Å². The Morgan fingerprint density at radius 3 is 2.48 bits per heavy atom. The third kappa shape index (κ3) is 3.63. The predicted molar refractivity (Wildman–Crippen MR) is 97.5 cm³/mol. The number of amides is 1. The molecule has 0 aliphatic carbocycles. The molecule has 130 valence electrons. The third-order valence-corrected chi connectivity index (χ3v) is 4.08. The Kier molecular flexibility index (Phi) is 4.20. The van der Waals surface area contributed by atoms with E-state index in [4.69, 9.17) is 0 Å². The lowest BCUT2D eigenvalue weighted by Crippen LogP contribution is -2.22. The van der Waals surface area contributed by atoms with Crippen LogP contribution in [0.3, 0.4) is 0 Å². The topological polar surface area (TPSA) is 79.3 Å². The molecule has 2 aromatic heterocycles. The molecule has 3 rings (SSSR count). The molecule has 0 aliphatic rings. The van der Waals surface area contributed by atoms with Gasteiger partial charge >= 0.3 is 0 Å². The summed E-state index contributed by atoms with van der Waals surface area (Å²) in [5.41, 5.74) is 4.01. The molecule has 0 fully saturated rings. The summed E-state index contributed by atoms with van der Waals surface area (Å²) in [7, 11) is 0. The average molecular weight is 338 g/mol. The van der Waals surface area contributed by atoms with Gasteiger partial charge in [0.05, 0.1) is 17.9 Å². The lowest BCUT2D eigenvalue weighted by atomic mass is 9.86. The average Bonchev–Trinajstić information content (AvgIpc) is 2.97. The van der Waals surface area contributed by atoms with Crippen molar-refractivity contribution in [2.75, 3.05) is 0 Å². The summed E-state index contributed by atoms with van der Waals surface area (Å²) in [6.45, 7) is 8.18. The molecule has 0 aliphatic heterocycles. The minimum atomic E-state index is -0.206.